The molecule has 1 heterocycles. The fourth-order valence-corrected chi connectivity index (χ4v) is 4.31. The molecular weight excluding hydrogens is 628 g/mol. The monoisotopic (exact) mass is 676 g/mol. The van der Waals surface area contributed by atoms with E-state index in [-0.39, 0.29) is 5.41 Å². The maximum Gasteiger partial charge on any atom is 0.343 e. The van der Waals surface area contributed by atoms with Gasteiger partial charge in [0.15, 0.2) is 0 Å². The number of carbonyl (C=O) groups excluding carboxylic acids is 3. The molecule has 3 aromatic carbocycles. The maximum atomic E-state index is 12.6. The molecule has 0 spiro atoms. The first kappa shape index (κ1) is 38.8. The molecule has 10 nitrogen and oxygen atoms in total. The minimum absolute atomic E-state index is 0.165. The molecule has 0 saturated carbocycles. The summed E-state index contributed by atoms with van der Waals surface area (Å²) in [7, 11) is 0. The van der Waals surface area contributed by atoms with E-state index in [0.29, 0.717) is 79.0 Å². The molecule has 3 aromatic rings. The minimum atomic E-state index is -0.537. The number of hydrogen-bond acceptors (Lipinski definition) is 10. The predicted molar refractivity (Wildman–Crippen MR) is 186 cm³/mol. The van der Waals surface area contributed by atoms with Gasteiger partial charge in [-0.1, -0.05) is 27.4 Å². The number of benzene rings is 3. The Morgan fingerprint density at radius 3 is 1.47 bits per heavy atom. The molecule has 49 heavy (non-hydrogen) atoms. The second-order valence-electron chi connectivity index (χ2n) is 11.7. The fraction of sp³-hybridized carbons (Fsp3) is 0.410. The van der Waals surface area contributed by atoms with Gasteiger partial charge in [-0.25, -0.2) is 14.4 Å². The zero-order valence-electron chi connectivity index (χ0n) is 29.0. The van der Waals surface area contributed by atoms with Crippen LogP contribution in [0.1, 0.15) is 74.1 Å². The van der Waals surface area contributed by atoms with Crippen molar-refractivity contribution in [1.82, 2.24) is 0 Å². The largest absolute Gasteiger partial charge is 0.494 e. The van der Waals surface area contributed by atoms with Crippen molar-refractivity contribution in [1.29, 1.82) is 0 Å². The van der Waals surface area contributed by atoms with Gasteiger partial charge in [0.25, 0.3) is 0 Å². The molecule has 0 amide bonds. The Labute approximate surface area is 289 Å². The first-order valence-electron chi connectivity index (χ1n) is 16.7. The van der Waals surface area contributed by atoms with E-state index in [4.69, 9.17) is 33.2 Å². The standard InChI is InChI=1S/C37H42O10.C2H6/c1-27(2)34(38)45-23-7-6-22-44-31-14-10-29(11-15-31)36(40)47-33-18-16-32(17-19-33)46-35(39)28-8-12-30(13-9-28)43-21-5-4-20-41-24-37(3)25-42-26-37;1-2/h8-19H,1,4-7,20-26H2,2-3H3;1-2H3. The summed E-state index contributed by atoms with van der Waals surface area (Å²) in [5.74, 6) is 0.444. The van der Waals surface area contributed by atoms with Crippen molar-refractivity contribution in [3.63, 3.8) is 0 Å². The van der Waals surface area contributed by atoms with E-state index >= 15 is 0 Å². The van der Waals surface area contributed by atoms with E-state index in [2.05, 4.69) is 13.5 Å². The lowest BCUT2D eigenvalue weighted by Crippen LogP contribution is -2.43. The smallest absolute Gasteiger partial charge is 0.343 e. The van der Waals surface area contributed by atoms with Crippen LogP contribution in [0.2, 0.25) is 0 Å². The summed E-state index contributed by atoms with van der Waals surface area (Å²) in [5, 5.41) is 0. The van der Waals surface area contributed by atoms with Crippen LogP contribution in [0.15, 0.2) is 84.9 Å². The van der Waals surface area contributed by atoms with Crippen LogP contribution >= 0.6 is 0 Å². The first-order chi connectivity index (χ1) is 23.7. The fourth-order valence-electron chi connectivity index (χ4n) is 4.31. The van der Waals surface area contributed by atoms with Crippen molar-refractivity contribution in [2.24, 2.45) is 5.41 Å². The van der Waals surface area contributed by atoms with E-state index in [9.17, 15) is 14.4 Å². The average molecular weight is 677 g/mol. The van der Waals surface area contributed by atoms with Gasteiger partial charge in [-0.15, -0.1) is 0 Å². The zero-order chi connectivity index (χ0) is 35.5. The Bertz CT molecular complexity index is 1460. The molecule has 264 valence electrons. The molecule has 1 aliphatic rings. The minimum Gasteiger partial charge on any atom is -0.494 e. The quantitative estimate of drug-likeness (QED) is 0.0543. The van der Waals surface area contributed by atoms with Gasteiger partial charge >= 0.3 is 17.9 Å². The molecule has 1 fully saturated rings. The van der Waals surface area contributed by atoms with Crippen LogP contribution in [0.4, 0.5) is 0 Å². The molecule has 0 unspecified atom stereocenters. The Morgan fingerprint density at radius 2 is 1.06 bits per heavy atom. The maximum absolute atomic E-state index is 12.6. The molecule has 1 saturated heterocycles. The summed E-state index contributed by atoms with van der Waals surface area (Å²) in [5.41, 5.74) is 1.27. The average Bonchev–Trinajstić information content (AvgIpc) is 3.10. The van der Waals surface area contributed by atoms with E-state index in [1.165, 1.54) is 0 Å². The van der Waals surface area contributed by atoms with E-state index in [1.54, 1.807) is 79.7 Å². The second-order valence-corrected chi connectivity index (χ2v) is 11.7. The van der Waals surface area contributed by atoms with Crippen molar-refractivity contribution in [2.45, 2.75) is 53.4 Å². The highest BCUT2D eigenvalue weighted by Crippen LogP contribution is 2.26. The molecule has 0 N–H and O–H groups in total. The van der Waals surface area contributed by atoms with Gasteiger partial charge in [-0.2, -0.15) is 0 Å². The van der Waals surface area contributed by atoms with Crippen molar-refractivity contribution in [3.8, 4) is 23.0 Å². The number of esters is 3. The zero-order valence-corrected chi connectivity index (χ0v) is 29.0. The molecule has 0 aliphatic carbocycles. The lowest BCUT2D eigenvalue weighted by atomic mass is 9.90. The number of rotatable bonds is 19. The molecule has 0 radical (unpaired) electrons. The van der Waals surface area contributed by atoms with Gasteiger partial charge in [-0.05, 0) is 105 Å². The normalized spacial score (nSPS) is 12.7. The van der Waals surface area contributed by atoms with Crippen LogP contribution in [0.5, 0.6) is 23.0 Å². The highest BCUT2D eigenvalue weighted by molar-refractivity contribution is 5.92. The summed E-state index contributed by atoms with van der Waals surface area (Å²) in [6, 6.07) is 19.6. The summed E-state index contributed by atoms with van der Waals surface area (Å²) in [6.07, 6.45) is 3.14. The molecule has 0 atom stereocenters. The summed E-state index contributed by atoms with van der Waals surface area (Å²) in [6.45, 7) is 15.6. The Kier molecular flexibility index (Phi) is 16.3. The van der Waals surface area contributed by atoms with Gasteiger partial charge in [0, 0.05) is 17.6 Å². The third-order valence-corrected chi connectivity index (χ3v) is 7.12. The van der Waals surface area contributed by atoms with Crippen LogP contribution in [0.25, 0.3) is 0 Å². The number of ether oxygens (including phenoxy) is 7. The molecule has 0 aromatic heterocycles. The third kappa shape index (κ3) is 13.8. The van der Waals surface area contributed by atoms with Crippen LogP contribution in [0, 0.1) is 5.41 Å². The van der Waals surface area contributed by atoms with Crippen LogP contribution < -0.4 is 18.9 Å². The van der Waals surface area contributed by atoms with Gasteiger partial charge in [0.1, 0.15) is 23.0 Å². The van der Waals surface area contributed by atoms with Gasteiger partial charge in [0.05, 0.1) is 50.8 Å². The van der Waals surface area contributed by atoms with Gasteiger partial charge in [-0.3, -0.25) is 0 Å². The van der Waals surface area contributed by atoms with Crippen LogP contribution in [-0.2, 0) is 19.0 Å². The first-order valence-corrected chi connectivity index (χ1v) is 16.7. The SMILES string of the molecule is C=C(C)C(=O)OCCCCOc1ccc(C(=O)Oc2ccc(OC(=O)c3ccc(OCCCCOCC4(C)COC4)cc3)cc2)cc1.CC. The number of unbranched alkanes of at least 4 members (excludes halogenated alkanes) is 2. The summed E-state index contributed by atoms with van der Waals surface area (Å²) < 4.78 is 38.4. The molecule has 10 heteroatoms. The number of carbonyl (C=O) groups is 3. The highest BCUT2D eigenvalue weighted by Gasteiger charge is 2.33. The molecular formula is C39H48O10. The number of hydrogen-bond donors (Lipinski definition) is 0. The molecule has 0 bridgehead atoms. The van der Waals surface area contributed by atoms with Crippen molar-refractivity contribution < 1.29 is 47.5 Å². The van der Waals surface area contributed by atoms with Crippen molar-refractivity contribution >= 4 is 17.9 Å². The van der Waals surface area contributed by atoms with Gasteiger partial charge in [0.2, 0.25) is 0 Å². The Balaban J connectivity index is 0.00000319. The van der Waals surface area contributed by atoms with Gasteiger partial charge < -0.3 is 33.2 Å². The second kappa shape index (κ2) is 20.6. The lowest BCUT2D eigenvalue weighted by Gasteiger charge is -2.37. The molecule has 4 rings (SSSR count). The van der Waals surface area contributed by atoms with E-state index in [1.807, 2.05) is 13.8 Å². The lowest BCUT2D eigenvalue weighted by molar-refractivity contribution is -0.139. The topological polar surface area (TPSA) is 116 Å². The van der Waals surface area contributed by atoms with Crippen LogP contribution in [-0.4, -0.2) is 64.2 Å². The predicted octanol–water partition coefficient (Wildman–Crippen LogP) is 7.64. The van der Waals surface area contributed by atoms with Crippen molar-refractivity contribution in [2.75, 3.05) is 46.2 Å². The third-order valence-electron chi connectivity index (χ3n) is 7.12. The Morgan fingerprint density at radius 1 is 0.653 bits per heavy atom. The summed E-state index contributed by atoms with van der Waals surface area (Å²) >= 11 is 0. The van der Waals surface area contributed by atoms with E-state index < -0.39 is 17.9 Å². The van der Waals surface area contributed by atoms with E-state index in [0.717, 1.165) is 32.7 Å². The Hall–Kier alpha value is -4.67. The highest BCUT2D eigenvalue weighted by atomic mass is 16.5. The van der Waals surface area contributed by atoms with Crippen LogP contribution in [0.3, 0.4) is 0 Å². The van der Waals surface area contributed by atoms with Crippen molar-refractivity contribution in [3.05, 3.63) is 96.1 Å². The summed E-state index contributed by atoms with van der Waals surface area (Å²) in [4.78, 5) is 36.6. The molecule has 1 aliphatic heterocycles.